The van der Waals surface area contributed by atoms with Crippen LogP contribution in [0.15, 0.2) is 28.7 Å². The van der Waals surface area contributed by atoms with Crippen molar-refractivity contribution in [3.63, 3.8) is 0 Å². The fraction of sp³-hybridized carbons (Fsp3) is 0.500. The van der Waals surface area contributed by atoms with Crippen molar-refractivity contribution in [2.24, 2.45) is 0 Å². The molecule has 4 heteroatoms. The third-order valence-corrected chi connectivity index (χ3v) is 4.08. The van der Waals surface area contributed by atoms with Crippen LogP contribution in [0.3, 0.4) is 0 Å². The van der Waals surface area contributed by atoms with Gasteiger partial charge in [-0.05, 0) is 18.9 Å². The molecule has 1 fully saturated rings. The lowest BCUT2D eigenvalue weighted by Gasteiger charge is -2.29. The zero-order valence-electron chi connectivity index (χ0n) is 10.3. The Morgan fingerprint density at radius 1 is 1.33 bits per heavy atom. The maximum atomic E-state index is 12.1. The second kappa shape index (κ2) is 6.45. The van der Waals surface area contributed by atoms with Crippen molar-refractivity contribution in [2.45, 2.75) is 25.4 Å². The first kappa shape index (κ1) is 13.7. The Morgan fingerprint density at radius 2 is 2.00 bits per heavy atom. The number of ketones is 1. The number of hydrogen-bond acceptors (Lipinski definition) is 3. The predicted octanol–water partition coefficient (Wildman–Crippen LogP) is 2.48. The molecule has 0 aliphatic carbocycles. The summed E-state index contributed by atoms with van der Waals surface area (Å²) in [7, 11) is 0. The van der Waals surface area contributed by atoms with Crippen molar-refractivity contribution in [2.75, 3.05) is 19.6 Å². The van der Waals surface area contributed by atoms with E-state index in [4.69, 9.17) is 0 Å². The van der Waals surface area contributed by atoms with Gasteiger partial charge < -0.3 is 10.0 Å². The Bertz CT molecular complexity index is 414. The van der Waals surface area contributed by atoms with Gasteiger partial charge in [-0.15, -0.1) is 0 Å². The molecule has 3 nitrogen and oxygen atoms in total. The predicted molar refractivity (Wildman–Crippen MR) is 74.8 cm³/mol. The normalized spacial score (nSPS) is 17.9. The summed E-state index contributed by atoms with van der Waals surface area (Å²) >= 11 is 3.40. The smallest absolute Gasteiger partial charge is 0.165 e. The molecule has 1 saturated heterocycles. The largest absolute Gasteiger partial charge is 0.393 e. The molecule has 1 N–H and O–H groups in total. The van der Waals surface area contributed by atoms with Gasteiger partial charge in [0.15, 0.2) is 5.78 Å². The summed E-state index contributed by atoms with van der Waals surface area (Å²) < 4.78 is 0.865. The average molecular weight is 312 g/mol. The van der Waals surface area contributed by atoms with Crippen LogP contribution >= 0.6 is 15.9 Å². The van der Waals surface area contributed by atoms with Crippen LogP contribution in [-0.4, -0.2) is 41.5 Å². The topological polar surface area (TPSA) is 40.5 Å². The van der Waals surface area contributed by atoms with Crippen LogP contribution in [0.2, 0.25) is 0 Å². The minimum atomic E-state index is -0.153. The zero-order valence-corrected chi connectivity index (χ0v) is 11.9. The molecule has 98 valence electrons. The minimum absolute atomic E-state index is 0.153. The molecule has 1 aromatic carbocycles. The van der Waals surface area contributed by atoms with Gasteiger partial charge in [-0.1, -0.05) is 34.1 Å². The van der Waals surface area contributed by atoms with Crippen LogP contribution in [0, 0.1) is 0 Å². The number of aliphatic hydroxyl groups excluding tert-OH is 1. The summed E-state index contributed by atoms with van der Waals surface area (Å²) in [6.07, 6.45) is 2.03. The third-order valence-electron chi connectivity index (χ3n) is 3.39. The van der Waals surface area contributed by atoms with Gasteiger partial charge in [-0.2, -0.15) is 0 Å². The number of benzene rings is 1. The van der Waals surface area contributed by atoms with E-state index in [1.54, 1.807) is 0 Å². The van der Waals surface area contributed by atoms with Gasteiger partial charge in [0.2, 0.25) is 0 Å². The van der Waals surface area contributed by atoms with Gasteiger partial charge in [0.05, 0.1) is 6.10 Å². The molecule has 1 aliphatic heterocycles. The number of carbonyl (C=O) groups is 1. The number of halogens is 1. The fourth-order valence-electron chi connectivity index (χ4n) is 2.22. The highest BCUT2D eigenvalue weighted by molar-refractivity contribution is 9.10. The lowest BCUT2D eigenvalue weighted by molar-refractivity contribution is 0.0778. The number of nitrogens with zero attached hydrogens (tertiary/aromatic N) is 1. The molecule has 18 heavy (non-hydrogen) atoms. The van der Waals surface area contributed by atoms with Crippen molar-refractivity contribution >= 4 is 21.7 Å². The van der Waals surface area contributed by atoms with Crippen LogP contribution in [0.1, 0.15) is 29.6 Å². The van der Waals surface area contributed by atoms with Crippen molar-refractivity contribution < 1.29 is 9.90 Å². The van der Waals surface area contributed by atoms with Crippen molar-refractivity contribution in [1.82, 2.24) is 4.90 Å². The van der Waals surface area contributed by atoms with Gasteiger partial charge in [0.1, 0.15) is 0 Å². The first-order valence-corrected chi connectivity index (χ1v) is 7.14. The van der Waals surface area contributed by atoms with Gasteiger partial charge in [-0.25, -0.2) is 0 Å². The molecule has 1 aliphatic rings. The number of hydrogen-bond donors (Lipinski definition) is 1. The quantitative estimate of drug-likeness (QED) is 0.868. The summed E-state index contributed by atoms with van der Waals surface area (Å²) in [5, 5.41) is 9.42. The molecule has 0 saturated carbocycles. The molecule has 0 radical (unpaired) electrons. The van der Waals surface area contributed by atoms with E-state index >= 15 is 0 Å². The van der Waals surface area contributed by atoms with Gasteiger partial charge in [0.25, 0.3) is 0 Å². The number of aliphatic hydroxyl groups is 1. The lowest BCUT2D eigenvalue weighted by Crippen LogP contribution is -2.37. The number of Topliss-reactive ketones (excluding diaryl/α,β-unsaturated/α-hetero) is 1. The molecule has 0 atom stereocenters. The Kier molecular flexibility index (Phi) is 4.92. The van der Waals surface area contributed by atoms with E-state index < -0.39 is 0 Å². The monoisotopic (exact) mass is 311 g/mol. The Hall–Kier alpha value is -0.710. The van der Waals surface area contributed by atoms with Crippen molar-refractivity contribution in [1.29, 1.82) is 0 Å². The molecule has 0 spiro atoms. The van der Waals surface area contributed by atoms with Gasteiger partial charge >= 0.3 is 0 Å². The highest BCUT2D eigenvalue weighted by Gasteiger charge is 2.18. The SMILES string of the molecule is O=C(CCN1CCC(O)CC1)c1ccccc1Br. The fourth-order valence-corrected chi connectivity index (χ4v) is 2.73. The average Bonchev–Trinajstić information content (AvgIpc) is 2.38. The highest BCUT2D eigenvalue weighted by atomic mass is 79.9. The Labute approximate surface area is 116 Å². The number of carbonyl (C=O) groups excluding carboxylic acids is 1. The second-order valence-electron chi connectivity index (χ2n) is 4.73. The van der Waals surface area contributed by atoms with E-state index in [0.717, 1.165) is 42.5 Å². The Balaban J connectivity index is 1.84. The molecule has 2 rings (SSSR count). The summed E-state index contributed by atoms with van der Waals surface area (Å²) in [5.41, 5.74) is 0.759. The highest BCUT2D eigenvalue weighted by Crippen LogP contribution is 2.18. The second-order valence-corrected chi connectivity index (χ2v) is 5.58. The van der Waals surface area contributed by atoms with E-state index in [2.05, 4.69) is 20.8 Å². The molecular formula is C14H18BrNO2. The Morgan fingerprint density at radius 3 is 2.67 bits per heavy atom. The summed E-state index contributed by atoms with van der Waals surface area (Å²) in [5.74, 6) is 0.175. The van der Waals surface area contributed by atoms with Crippen molar-refractivity contribution in [3.8, 4) is 0 Å². The van der Waals surface area contributed by atoms with Gasteiger partial charge in [0, 0.05) is 36.1 Å². The maximum absolute atomic E-state index is 12.1. The van der Waals surface area contributed by atoms with Crippen molar-refractivity contribution in [3.05, 3.63) is 34.3 Å². The molecule has 1 aromatic rings. The van der Waals surface area contributed by atoms with Crippen LogP contribution in [0.5, 0.6) is 0 Å². The summed E-state index contributed by atoms with van der Waals surface area (Å²) in [6, 6.07) is 7.54. The zero-order chi connectivity index (χ0) is 13.0. The molecular weight excluding hydrogens is 294 g/mol. The summed E-state index contributed by atoms with van der Waals surface area (Å²) in [6.45, 7) is 2.57. The van der Waals surface area contributed by atoms with E-state index in [1.165, 1.54) is 0 Å². The first-order valence-electron chi connectivity index (χ1n) is 6.35. The molecule has 0 aromatic heterocycles. The standard InChI is InChI=1S/C14H18BrNO2/c15-13-4-2-1-3-12(13)14(18)7-10-16-8-5-11(17)6-9-16/h1-4,11,17H,5-10H2. The first-order chi connectivity index (χ1) is 8.66. The van der Waals surface area contributed by atoms with Crippen LogP contribution in [0.25, 0.3) is 0 Å². The van der Waals surface area contributed by atoms with E-state index in [9.17, 15) is 9.90 Å². The minimum Gasteiger partial charge on any atom is -0.393 e. The number of piperidine rings is 1. The third kappa shape index (κ3) is 3.64. The lowest BCUT2D eigenvalue weighted by atomic mass is 10.1. The van der Waals surface area contributed by atoms with E-state index in [-0.39, 0.29) is 11.9 Å². The molecule has 0 amide bonds. The van der Waals surface area contributed by atoms with E-state index in [0.29, 0.717) is 6.42 Å². The van der Waals surface area contributed by atoms with Crippen LogP contribution in [-0.2, 0) is 0 Å². The number of likely N-dealkylation sites (tertiary alicyclic amines) is 1. The molecule has 1 heterocycles. The number of rotatable bonds is 4. The van der Waals surface area contributed by atoms with E-state index in [1.807, 2.05) is 24.3 Å². The molecule has 0 bridgehead atoms. The maximum Gasteiger partial charge on any atom is 0.165 e. The molecule has 0 unspecified atom stereocenters. The van der Waals surface area contributed by atoms with Crippen LogP contribution in [0.4, 0.5) is 0 Å². The summed E-state index contributed by atoms with van der Waals surface area (Å²) in [4.78, 5) is 14.3. The van der Waals surface area contributed by atoms with Gasteiger partial charge in [-0.3, -0.25) is 4.79 Å². The van der Waals surface area contributed by atoms with Crippen LogP contribution < -0.4 is 0 Å².